The maximum Gasteiger partial charge on any atom is 0.335 e. The van der Waals surface area contributed by atoms with E-state index in [2.05, 4.69) is 4.74 Å². The van der Waals surface area contributed by atoms with Gasteiger partial charge in [-0.25, -0.2) is 4.79 Å². The molecule has 0 aromatic heterocycles. The third-order valence-electron chi connectivity index (χ3n) is 2.15. The van der Waals surface area contributed by atoms with Gasteiger partial charge in [-0.15, -0.1) is 0 Å². The highest BCUT2D eigenvalue weighted by Crippen LogP contribution is 2.18. The Morgan fingerprint density at radius 2 is 1.50 bits per heavy atom. The number of esters is 2. The SMILES string of the molecule is CCOC(=O)C(O)C(C(=O)OCC)C(C)C. The molecule has 2 unspecified atom stereocenters. The van der Waals surface area contributed by atoms with Crippen LogP contribution in [0.5, 0.6) is 0 Å². The Morgan fingerprint density at radius 3 is 1.88 bits per heavy atom. The number of hydrogen-bond donors (Lipinski definition) is 1. The normalized spacial score (nSPS) is 14.4. The van der Waals surface area contributed by atoms with Gasteiger partial charge in [-0.1, -0.05) is 13.8 Å². The summed E-state index contributed by atoms with van der Waals surface area (Å²) in [6, 6.07) is 0. The first kappa shape index (κ1) is 14.9. The maximum absolute atomic E-state index is 11.5. The molecule has 0 aromatic carbocycles. The molecule has 2 atom stereocenters. The van der Waals surface area contributed by atoms with E-state index in [-0.39, 0.29) is 19.1 Å². The topological polar surface area (TPSA) is 72.8 Å². The average Bonchev–Trinajstić information content (AvgIpc) is 2.17. The number of hydrogen-bond acceptors (Lipinski definition) is 5. The summed E-state index contributed by atoms with van der Waals surface area (Å²) in [6.07, 6.45) is -1.46. The average molecular weight is 232 g/mol. The van der Waals surface area contributed by atoms with Crippen molar-refractivity contribution in [2.45, 2.75) is 33.8 Å². The van der Waals surface area contributed by atoms with Gasteiger partial charge in [0, 0.05) is 0 Å². The predicted molar refractivity (Wildman–Crippen MR) is 57.6 cm³/mol. The molecular weight excluding hydrogens is 212 g/mol. The van der Waals surface area contributed by atoms with Crippen molar-refractivity contribution in [3.8, 4) is 0 Å². The number of aliphatic hydroxyl groups excluding tert-OH is 1. The lowest BCUT2D eigenvalue weighted by atomic mass is 9.90. The van der Waals surface area contributed by atoms with Crippen LogP contribution in [-0.2, 0) is 19.1 Å². The van der Waals surface area contributed by atoms with Crippen molar-refractivity contribution in [2.75, 3.05) is 13.2 Å². The molecule has 0 heterocycles. The van der Waals surface area contributed by atoms with Crippen molar-refractivity contribution in [3.05, 3.63) is 0 Å². The van der Waals surface area contributed by atoms with E-state index in [1.165, 1.54) is 0 Å². The fraction of sp³-hybridized carbons (Fsp3) is 0.818. The Morgan fingerprint density at radius 1 is 1.06 bits per heavy atom. The highest BCUT2D eigenvalue weighted by atomic mass is 16.6. The summed E-state index contributed by atoms with van der Waals surface area (Å²) in [5.74, 6) is -2.43. The molecule has 16 heavy (non-hydrogen) atoms. The number of ether oxygens (including phenoxy) is 2. The summed E-state index contributed by atoms with van der Waals surface area (Å²) < 4.78 is 9.47. The first-order valence-electron chi connectivity index (χ1n) is 5.46. The molecule has 0 fully saturated rings. The van der Waals surface area contributed by atoms with Crippen molar-refractivity contribution in [1.82, 2.24) is 0 Å². The molecule has 0 aliphatic rings. The lowest BCUT2D eigenvalue weighted by molar-refractivity contribution is -0.168. The standard InChI is InChI=1S/C11H20O5/c1-5-15-10(13)8(7(3)4)9(12)11(14)16-6-2/h7-9,12H,5-6H2,1-4H3. The van der Waals surface area contributed by atoms with Gasteiger partial charge in [-0.05, 0) is 19.8 Å². The van der Waals surface area contributed by atoms with E-state index < -0.39 is 24.0 Å². The molecule has 0 aliphatic carbocycles. The molecule has 0 spiro atoms. The predicted octanol–water partition coefficient (Wildman–Crippen LogP) is 0.746. The summed E-state index contributed by atoms with van der Waals surface area (Å²) in [5, 5.41) is 9.70. The van der Waals surface area contributed by atoms with E-state index >= 15 is 0 Å². The molecule has 0 amide bonds. The molecule has 1 N–H and O–H groups in total. The van der Waals surface area contributed by atoms with Gasteiger partial charge < -0.3 is 14.6 Å². The Bertz CT molecular complexity index is 237. The van der Waals surface area contributed by atoms with E-state index in [0.717, 1.165) is 0 Å². The lowest BCUT2D eigenvalue weighted by Crippen LogP contribution is -2.40. The number of carbonyl (C=O) groups excluding carboxylic acids is 2. The fourth-order valence-electron chi connectivity index (χ4n) is 1.38. The van der Waals surface area contributed by atoms with Gasteiger partial charge in [-0.2, -0.15) is 0 Å². The zero-order valence-electron chi connectivity index (χ0n) is 10.2. The van der Waals surface area contributed by atoms with Crippen molar-refractivity contribution in [2.24, 2.45) is 11.8 Å². The second-order valence-corrected chi connectivity index (χ2v) is 3.72. The summed E-state index contributed by atoms with van der Waals surface area (Å²) in [7, 11) is 0. The van der Waals surface area contributed by atoms with Crippen LogP contribution in [0.25, 0.3) is 0 Å². The number of aliphatic hydroxyl groups is 1. The van der Waals surface area contributed by atoms with Crippen LogP contribution >= 0.6 is 0 Å². The molecule has 0 bridgehead atoms. The molecular formula is C11H20O5. The minimum Gasteiger partial charge on any atom is -0.466 e. The molecule has 0 radical (unpaired) electrons. The van der Waals surface area contributed by atoms with Crippen molar-refractivity contribution in [1.29, 1.82) is 0 Å². The van der Waals surface area contributed by atoms with E-state index in [4.69, 9.17) is 4.74 Å². The van der Waals surface area contributed by atoms with Gasteiger partial charge in [0.05, 0.1) is 19.1 Å². The van der Waals surface area contributed by atoms with Crippen LogP contribution in [0.1, 0.15) is 27.7 Å². The van der Waals surface area contributed by atoms with Crippen LogP contribution in [-0.4, -0.2) is 36.4 Å². The van der Waals surface area contributed by atoms with Gasteiger partial charge in [0.2, 0.25) is 0 Å². The Labute approximate surface area is 95.7 Å². The summed E-state index contributed by atoms with van der Waals surface area (Å²) in [6.45, 7) is 7.18. The van der Waals surface area contributed by atoms with E-state index in [9.17, 15) is 14.7 Å². The summed E-state index contributed by atoms with van der Waals surface area (Å²) in [4.78, 5) is 22.9. The Hall–Kier alpha value is -1.10. The van der Waals surface area contributed by atoms with Gasteiger partial charge in [-0.3, -0.25) is 4.79 Å². The summed E-state index contributed by atoms with van der Waals surface area (Å²) >= 11 is 0. The number of rotatable bonds is 6. The molecule has 5 heteroatoms. The minimum atomic E-state index is -1.46. The van der Waals surface area contributed by atoms with Crippen molar-refractivity contribution >= 4 is 11.9 Å². The fourth-order valence-corrected chi connectivity index (χ4v) is 1.38. The third kappa shape index (κ3) is 4.18. The maximum atomic E-state index is 11.5. The van der Waals surface area contributed by atoms with Crippen LogP contribution in [0.4, 0.5) is 0 Å². The zero-order valence-corrected chi connectivity index (χ0v) is 10.2. The molecule has 0 rings (SSSR count). The quantitative estimate of drug-likeness (QED) is 0.684. The monoisotopic (exact) mass is 232 g/mol. The molecule has 0 aromatic rings. The third-order valence-corrected chi connectivity index (χ3v) is 2.15. The smallest absolute Gasteiger partial charge is 0.335 e. The van der Waals surface area contributed by atoms with E-state index in [1.54, 1.807) is 27.7 Å². The molecule has 94 valence electrons. The van der Waals surface area contributed by atoms with Gasteiger partial charge >= 0.3 is 11.9 Å². The second-order valence-electron chi connectivity index (χ2n) is 3.72. The van der Waals surface area contributed by atoms with Crippen LogP contribution in [0.15, 0.2) is 0 Å². The first-order chi connectivity index (χ1) is 7.45. The van der Waals surface area contributed by atoms with Gasteiger partial charge in [0.1, 0.15) is 0 Å². The van der Waals surface area contributed by atoms with Crippen molar-refractivity contribution in [3.63, 3.8) is 0 Å². The zero-order chi connectivity index (χ0) is 12.7. The second kappa shape index (κ2) is 7.22. The number of carbonyl (C=O) groups is 2. The van der Waals surface area contributed by atoms with Gasteiger partial charge in [0.25, 0.3) is 0 Å². The molecule has 0 aliphatic heterocycles. The van der Waals surface area contributed by atoms with Crippen LogP contribution in [0.3, 0.4) is 0 Å². The first-order valence-corrected chi connectivity index (χ1v) is 5.46. The van der Waals surface area contributed by atoms with Crippen LogP contribution in [0, 0.1) is 11.8 Å². The van der Waals surface area contributed by atoms with E-state index in [1.807, 2.05) is 0 Å². The van der Waals surface area contributed by atoms with Crippen LogP contribution in [0.2, 0.25) is 0 Å². The van der Waals surface area contributed by atoms with Gasteiger partial charge in [0.15, 0.2) is 6.10 Å². The molecule has 5 nitrogen and oxygen atoms in total. The lowest BCUT2D eigenvalue weighted by Gasteiger charge is -2.22. The summed E-state index contributed by atoms with van der Waals surface area (Å²) in [5.41, 5.74) is 0. The molecule has 0 saturated carbocycles. The Balaban J connectivity index is 4.64. The largest absolute Gasteiger partial charge is 0.466 e. The highest BCUT2D eigenvalue weighted by molar-refractivity contribution is 5.83. The van der Waals surface area contributed by atoms with Crippen LogP contribution < -0.4 is 0 Å². The van der Waals surface area contributed by atoms with E-state index in [0.29, 0.717) is 0 Å². The van der Waals surface area contributed by atoms with Crippen molar-refractivity contribution < 1.29 is 24.2 Å². The minimum absolute atomic E-state index is 0.170. The molecule has 0 saturated heterocycles. The highest BCUT2D eigenvalue weighted by Gasteiger charge is 2.36. The Kier molecular flexibility index (Phi) is 6.72.